The first-order valence-corrected chi connectivity index (χ1v) is 10.2. The SMILES string of the molecule is C=C1Nc2c(Cl)cc3cc(C(=O)NC4CCC4)oc3c2C2(CCCCC2)N1. The van der Waals surface area contributed by atoms with Gasteiger partial charge in [0.25, 0.3) is 5.91 Å². The highest BCUT2D eigenvalue weighted by molar-refractivity contribution is 6.34. The lowest BCUT2D eigenvalue weighted by Gasteiger charge is -2.44. The van der Waals surface area contributed by atoms with E-state index in [4.69, 9.17) is 16.0 Å². The summed E-state index contributed by atoms with van der Waals surface area (Å²) in [5.74, 6) is 0.983. The van der Waals surface area contributed by atoms with E-state index < -0.39 is 0 Å². The Bertz CT molecular complexity index is 939. The van der Waals surface area contributed by atoms with Crippen molar-refractivity contribution in [3.8, 4) is 0 Å². The summed E-state index contributed by atoms with van der Waals surface area (Å²) < 4.78 is 6.14. The molecular formula is C21H24ClN3O2. The number of anilines is 1. The van der Waals surface area contributed by atoms with Gasteiger partial charge in [-0.05, 0) is 44.2 Å². The third kappa shape index (κ3) is 2.71. The Morgan fingerprint density at radius 2 is 2.00 bits per heavy atom. The molecule has 142 valence electrons. The molecule has 1 aromatic heterocycles. The summed E-state index contributed by atoms with van der Waals surface area (Å²) in [5, 5.41) is 11.4. The zero-order valence-corrected chi connectivity index (χ0v) is 16.0. The van der Waals surface area contributed by atoms with Crippen LogP contribution in [0.3, 0.4) is 0 Å². The molecule has 2 saturated carbocycles. The van der Waals surface area contributed by atoms with Gasteiger partial charge in [0.05, 0.1) is 22.1 Å². The maximum Gasteiger partial charge on any atom is 0.287 e. The lowest BCUT2D eigenvalue weighted by Crippen LogP contribution is -2.48. The topological polar surface area (TPSA) is 66.3 Å². The van der Waals surface area contributed by atoms with Crippen molar-refractivity contribution in [2.45, 2.75) is 62.9 Å². The molecule has 1 aliphatic heterocycles. The second-order valence-electron chi connectivity index (χ2n) is 8.11. The van der Waals surface area contributed by atoms with Gasteiger partial charge in [-0.25, -0.2) is 0 Å². The van der Waals surface area contributed by atoms with Crippen molar-refractivity contribution in [1.82, 2.24) is 10.6 Å². The summed E-state index contributed by atoms with van der Waals surface area (Å²) in [6.45, 7) is 4.09. The van der Waals surface area contributed by atoms with Gasteiger partial charge in [0.2, 0.25) is 0 Å². The average molecular weight is 386 g/mol. The van der Waals surface area contributed by atoms with Crippen LogP contribution in [0, 0.1) is 0 Å². The fourth-order valence-electron chi connectivity index (χ4n) is 4.71. The number of benzene rings is 1. The molecule has 5 nitrogen and oxygen atoms in total. The normalized spacial score (nSPS) is 21.3. The lowest BCUT2D eigenvalue weighted by molar-refractivity contribution is 0.0890. The van der Waals surface area contributed by atoms with E-state index in [1.165, 1.54) is 12.8 Å². The maximum atomic E-state index is 12.6. The van der Waals surface area contributed by atoms with Gasteiger partial charge in [0, 0.05) is 17.0 Å². The Kier molecular flexibility index (Phi) is 3.90. The summed E-state index contributed by atoms with van der Waals surface area (Å²) in [7, 11) is 0. The number of halogens is 1. The van der Waals surface area contributed by atoms with Crippen molar-refractivity contribution in [2.75, 3.05) is 5.32 Å². The van der Waals surface area contributed by atoms with Crippen LogP contribution < -0.4 is 16.0 Å². The van der Waals surface area contributed by atoms with Gasteiger partial charge in [-0.2, -0.15) is 0 Å². The molecule has 0 unspecified atom stereocenters. The monoisotopic (exact) mass is 385 g/mol. The highest BCUT2D eigenvalue weighted by Crippen LogP contribution is 2.49. The van der Waals surface area contributed by atoms with Crippen LogP contribution in [0.5, 0.6) is 0 Å². The van der Waals surface area contributed by atoms with Gasteiger partial charge in [0.1, 0.15) is 5.58 Å². The van der Waals surface area contributed by atoms with Crippen molar-refractivity contribution < 1.29 is 9.21 Å². The smallest absolute Gasteiger partial charge is 0.287 e. The molecule has 0 radical (unpaired) electrons. The van der Waals surface area contributed by atoms with E-state index in [0.717, 1.165) is 66.6 Å². The summed E-state index contributed by atoms with van der Waals surface area (Å²) in [6, 6.07) is 3.97. The number of fused-ring (bicyclic) bond motifs is 4. The molecule has 3 aliphatic rings. The average Bonchev–Trinajstić information content (AvgIpc) is 3.02. The van der Waals surface area contributed by atoms with Gasteiger partial charge < -0.3 is 20.4 Å². The van der Waals surface area contributed by atoms with Gasteiger partial charge in [-0.3, -0.25) is 4.79 Å². The predicted octanol–water partition coefficient (Wildman–Crippen LogP) is 5.01. The number of amides is 1. The molecule has 5 rings (SSSR count). The first-order valence-electron chi connectivity index (χ1n) is 9.87. The molecule has 2 aromatic rings. The summed E-state index contributed by atoms with van der Waals surface area (Å²) >= 11 is 6.62. The minimum Gasteiger partial charge on any atom is -0.450 e. The van der Waals surface area contributed by atoms with Crippen molar-refractivity contribution in [2.24, 2.45) is 0 Å². The highest BCUT2D eigenvalue weighted by atomic mass is 35.5. The molecule has 27 heavy (non-hydrogen) atoms. The minimum absolute atomic E-state index is 0.139. The van der Waals surface area contributed by atoms with Gasteiger partial charge in [0.15, 0.2) is 5.76 Å². The third-order valence-corrected chi connectivity index (χ3v) is 6.57. The number of nitrogens with one attached hydrogen (secondary N) is 3. The summed E-state index contributed by atoms with van der Waals surface area (Å²) in [6.07, 6.45) is 8.79. The molecule has 6 heteroatoms. The van der Waals surface area contributed by atoms with Crippen molar-refractivity contribution in [3.63, 3.8) is 0 Å². The molecule has 1 spiro atoms. The predicted molar refractivity (Wildman–Crippen MR) is 107 cm³/mol. The molecule has 2 heterocycles. The van der Waals surface area contributed by atoms with E-state index in [-0.39, 0.29) is 17.5 Å². The standard InChI is InChI=1S/C21H24ClN3O2/c1-12-23-18-15(22)10-13-11-16(20(26)24-14-6-5-7-14)27-19(13)17(18)21(25-12)8-3-2-4-9-21/h10-11,14,23,25H,1-9H2,(H,24,26). The Labute approximate surface area is 163 Å². The van der Waals surface area contributed by atoms with Crippen molar-refractivity contribution >= 4 is 34.2 Å². The fourth-order valence-corrected chi connectivity index (χ4v) is 4.97. The zero-order chi connectivity index (χ0) is 18.6. The Balaban J connectivity index is 1.64. The van der Waals surface area contributed by atoms with Crippen LogP contribution in [0.4, 0.5) is 5.69 Å². The van der Waals surface area contributed by atoms with E-state index >= 15 is 0 Å². The largest absolute Gasteiger partial charge is 0.450 e. The molecule has 1 aromatic carbocycles. The number of rotatable bonds is 2. The van der Waals surface area contributed by atoms with E-state index in [9.17, 15) is 4.79 Å². The van der Waals surface area contributed by atoms with E-state index in [1.54, 1.807) is 0 Å². The van der Waals surface area contributed by atoms with Crippen molar-refractivity contribution in [1.29, 1.82) is 0 Å². The lowest BCUT2D eigenvalue weighted by atomic mass is 9.74. The zero-order valence-electron chi connectivity index (χ0n) is 15.3. The van der Waals surface area contributed by atoms with Crippen LogP contribution in [0.2, 0.25) is 5.02 Å². The van der Waals surface area contributed by atoms with Gasteiger partial charge in [-0.1, -0.05) is 37.4 Å². The van der Waals surface area contributed by atoms with Crippen LogP contribution >= 0.6 is 11.6 Å². The number of hydrogen-bond acceptors (Lipinski definition) is 4. The summed E-state index contributed by atoms with van der Waals surface area (Å²) in [5.41, 5.74) is 2.41. The molecule has 0 bridgehead atoms. The number of carbonyl (C=O) groups is 1. The van der Waals surface area contributed by atoms with Crippen LogP contribution in [0.1, 0.15) is 67.5 Å². The number of carbonyl (C=O) groups excluding carboxylic acids is 1. The quantitative estimate of drug-likeness (QED) is 0.679. The van der Waals surface area contributed by atoms with E-state index in [2.05, 4.69) is 22.5 Å². The summed E-state index contributed by atoms with van der Waals surface area (Å²) in [4.78, 5) is 12.6. The second-order valence-corrected chi connectivity index (χ2v) is 8.52. The Morgan fingerprint density at radius 1 is 1.22 bits per heavy atom. The van der Waals surface area contributed by atoms with E-state index in [0.29, 0.717) is 10.8 Å². The Morgan fingerprint density at radius 3 is 2.70 bits per heavy atom. The molecule has 3 N–H and O–H groups in total. The fraction of sp³-hybridized carbons (Fsp3) is 0.476. The second kappa shape index (κ2) is 6.20. The Hall–Kier alpha value is -2.14. The minimum atomic E-state index is -0.237. The van der Waals surface area contributed by atoms with Crippen LogP contribution in [0.25, 0.3) is 11.0 Å². The molecule has 2 fully saturated rings. The number of furan rings is 1. The highest BCUT2D eigenvalue weighted by Gasteiger charge is 2.42. The third-order valence-electron chi connectivity index (χ3n) is 6.27. The van der Waals surface area contributed by atoms with Crippen LogP contribution in [0.15, 0.2) is 28.9 Å². The number of hydrogen-bond donors (Lipinski definition) is 3. The molecule has 0 saturated heterocycles. The molecular weight excluding hydrogens is 362 g/mol. The molecule has 2 aliphatic carbocycles. The van der Waals surface area contributed by atoms with E-state index in [1.807, 2.05) is 12.1 Å². The van der Waals surface area contributed by atoms with Crippen LogP contribution in [-0.2, 0) is 5.54 Å². The van der Waals surface area contributed by atoms with Crippen molar-refractivity contribution in [3.05, 3.63) is 40.9 Å². The first-order chi connectivity index (χ1) is 13.1. The molecule has 0 atom stereocenters. The van der Waals surface area contributed by atoms with Crippen LogP contribution in [-0.4, -0.2) is 11.9 Å². The maximum absolute atomic E-state index is 12.6. The van der Waals surface area contributed by atoms with Gasteiger partial charge in [-0.15, -0.1) is 0 Å². The first kappa shape index (κ1) is 17.0. The van der Waals surface area contributed by atoms with Gasteiger partial charge >= 0.3 is 0 Å². The molecule has 1 amide bonds.